The summed E-state index contributed by atoms with van der Waals surface area (Å²) in [6, 6.07) is 7.68. The first-order valence-corrected chi connectivity index (χ1v) is 7.70. The van der Waals surface area contributed by atoms with Crippen molar-refractivity contribution in [3.63, 3.8) is 0 Å². The minimum atomic E-state index is -0.156. The molecule has 21 heavy (non-hydrogen) atoms. The van der Waals surface area contributed by atoms with E-state index in [4.69, 9.17) is 0 Å². The second-order valence-corrected chi connectivity index (χ2v) is 6.08. The number of halogens is 1. The molecule has 116 valence electrons. The number of amides is 3. The second kappa shape index (κ2) is 8.67. The maximum absolute atomic E-state index is 11.9. The molecule has 0 aromatic heterocycles. The number of urea groups is 1. The third-order valence-corrected chi connectivity index (χ3v) is 3.43. The van der Waals surface area contributed by atoms with E-state index < -0.39 is 0 Å². The lowest BCUT2D eigenvalue weighted by molar-refractivity contribution is -0.123. The summed E-state index contributed by atoms with van der Waals surface area (Å²) >= 11 is 3.38. The molecule has 1 aromatic carbocycles. The zero-order valence-corrected chi connectivity index (χ0v) is 14.2. The summed E-state index contributed by atoms with van der Waals surface area (Å²) in [5.41, 5.74) is 1.06. The normalized spacial score (nSPS) is 10.3. The van der Waals surface area contributed by atoms with Crippen molar-refractivity contribution in [2.45, 2.75) is 20.4 Å². The average molecular weight is 356 g/mol. The molecule has 0 fully saturated rings. The second-order valence-electron chi connectivity index (χ2n) is 5.16. The van der Waals surface area contributed by atoms with Crippen molar-refractivity contribution in [1.29, 1.82) is 0 Å². The average Bonchev–Trinajstić information content (AvgIpc) is 2.45. The highest BCUT2D eigenvalue weighted by molar-refractivity contribution is 9.10. The van der Waals surface area contributed by atoms with Crippen molar-refractivity contribution in [3.05, 3.63) is 34.3 Å². The number of benzene rings is 1. The predicted octanol–water partition coefficient (Wildman–Crippen LogP) is 2.36. The zero-order chi connectivity index (χ0) is 15.8. The van der Waals surface area contributed by atoms with Crippen LogP contribution in [-0.2, 0) is 11.3 Å². The summed E-state index contributed by atoms with van der Waals surface area (Å²) in [4.78, 5) is 24.8. The number of nitrogens with one attached hydrogen (secondary N) is 2. The fourth-order valence-electron chi connectivity index (χ4n) is 1.63. The standard InChI is InChI=1S/C15H22BrN3O2/c1-11(2)14(20)17-8-9-18-15(21)19(3)10-12-4-6-13(16)7-5-12/h4-7,11H,8-10H2,1-3H3,(H,17,20)(H,18,21). The van der Waals surface area contributed by atoms with Crippen LogP contribution in [0, 0.1) is 5.92 Å². The van der Waals surface area contributed by atoms with Crippen LogP contribution >= 0.6 is 15.9 Å². The first-order valence-electron chi connectivity index (χ1n) is 6.91. The Morgan fingerprint density at radius 2 is 1.71 bits per heavy atom. The molecule has 1 rings (SSSR count). The molecule has 6 heteroatoms. The summed E-state index contributed by atoms with van der Waals surface area (Å²) in [5, 5.41) is 5.53. The SMILES string of the molecule is CC(C)C(=O)NCCNC(=O)N(C)Cc1ccc(Br)cc1. The van der Waals surface area contributed by atoms with Crippen LogP contribution in [0.15, 0.2) is 28.7 Å². The molecule has 2 N–H and O–H groups in total. The Morgan fingerprint density at radius 1 is 1.14 bits per heavy atom. The van der Waals surface area contributed by atoms with Crippen molar-refractivity contribution in [2.24, 2.45) is 5.92 Å². The van der Waals surface area contributed by atoms with Crippen molar-refractivity contribution in [1.82, 2.24) is 15.5 Å². The summed E-state index contributed by atoms with van der Waals surface area (Å²) in [6.07, 6.45) is 0. The van der Waals surface area contributed by atoms with E-state index in [-0.39, 0.29) is 17.9 Å². The van der Waals surface area contributed by atoms with Gasteiger partial charge in [-0.15, -0.1) is 0 Å². The molecule has 0 atom stereocenters. The van der Waals surface area contributed by atoms with Crippen LogP contribution in [-0.4, -0.2) is 37.0 Å². The fourth-order valence-corrected chi connectivity index (χ4v) is 1.89. The molecule has 0 radical (unpaired) electrons. The number of hydrogen-bond donors (Lipinski definition) is 2. The molecular weight excluding hydrogens is 334 g/mol. The molecule has 1 aromatic rings. The first kappa shape index (κ1) is 17.5. The van der Waals surface area contributed by atoms with Gasteiger partial charge in [0.05, 0.1) is 0 Å². The summed E-state index contributed by atoms with van der Waals surface area (Å²) in [5.74, 6) is -0.0479. The molecule has 5 nitrogen and oxygen atoms in total. The number of rotatable bonds is 6. The lowest BCUT2D eigenvalue weighted by atomic mass is 10.2. The van der Waals surface area contributed by atoms with Gasteiger partial charge in [-0.05, 0) is 17.7 Å². The van der Waals surface area contributed by atoms with Gasteiger partial charge in [0.25, 0.3) is 0 Å². The fraction of sp³-hybridized carbons (Fsp3) is 0.467. The summed E-state index contributed by atoms with van der Waals surface area (Å²) < 4.78 is 1.01. The molecule has 3 amide bonds. The van der Waals surface area contributed by atoms with Crippen molar-refractivity contribution < 1.29 is 9.59 Å². The maximum atomic E-state index is 11.9. The predicted molar refractivity (Wildman–Crippen MR) is 86.9 cm³/mol. The van der Waals surface area contributed by atoms with E-state index >= 15 is 0 Å². The quantitative estimate of drug-likeness (QED) is 0.769. The maximum Gasteiger partial charge on any atom is 0.317 e. The minimum absolute atomic E-state index is 0.00698. The molecule has 0 saturated carbocycles. The van der Waals surface area contributed by atoms with Gasteiger partial charge >= 0.3 is 6.03 Å². The van der Waals surface area contributed by atoms with Gasteiger partial charge in [0.2, 0.25) is 5.91 Å². The highest BCUT2D eigenvalue weighted by Crippen LogP contribution is 2.11. The molecule has 0 unspecified atom stereocenters. The van der Waals surface area contributed by atoms with Crippen LogP contribution < -0.4 is 10.6 Å². The Morgan fingerprint density at radius 3 is 2.29 bits per heavy atom. The molecule has 0 bridgehead atoms. The molecular formula is C15H22BrN3O2. The van der Waals surface area contributed by atoms with Crippen LogP contribution in [0.1, 0.15) is 19.4 Å². The van der Waals surface area contributed by atoms with E-state index in [1.165, 1.54) is 0 Å². The Balaban J connectivity index is 2.28. The molecule has 0 aliphatic heterocycles. The van der Waals surface area contributed by atoms with Crippen molar-refractivity contribution in [3.8, 4) is 0 Å². The van der Waals surface area contributed by atoms with Crippen LogP contribution in [0.3, 0.4) is 0 Å². The van der Waals surface area contributed by atoms with Gasteiger partial charge < -0.3 is 15.5 Å². The van der Waals surface area contributed by atoms with Gasteiger partial charge in [-0.1, -0.05) is 41.9 Å². The first-order chi connectivity index (χ1) is 9.90. The lowest BCUT2D eigenvalue weighted by Crippen LogP contribution is -2.41. The third-order valence-electron chi connectivity index (χ3n) is 2.90. The van der Waals surface area contributed by atoms with E-state index in [1.54, 1.807) is 11.9 Å². The Kier molecular flexibility index (Phi) is 7.22. The molecule has 0 spiro atoms. The van der Waals surface area contributed by atoms with Gasteiger partial charge in [0.15, 0.2) is 0 Å². The van der Waals surface area contributed by atoms with Gasteiger partial charge in [-0.3, -0.25) is 4.79 Å². The molecule has 0 saturated heterocycles. The minimum Gasteiger partial charge on any atom is -0.354 e. The zero-order valence-electron chi connectivity index (χ0n) is 12.6. The lowest BCUT2D eigenvalue weighted by Gasteiger charge is -2.18. The van der Waals surface area contributed by atoms with E-state index in [1.807, 2.05) is 38.1 Å². The number of nitrogens with zero attached hydrogens (tertiary/aromatic N) is 1. The van der Waals surface area contributed by atoms with Crippen LogP contribution in [0.25, 0.3) is 0 Å². The van der Waals surface area contributed by atoms with Gasteiger partial charge in [0, 0.05) is 37.1 Å². The van der Waals surface area contributed by atoms with E-state index in [9.17, 15) is 9.59 Å². The Bertz CT molecular complexity index is 474. The number of carbonyl (C=O) groups is 2. The van der Waals surface area contributed by atoms with Crippen molar-refractivity contribution >= 4 is 27.9 Å². The number of carbonyl (C=O) groups excluding carboxylic acids is 2. The van der Waals surface area contributed by atoms with Crippen LogP contribution in [0.2, 0.25) is 0 Å². The topological polar surface area (TPSA) is 61.4 Å². The molecule has 0 aliphatic carbocycles. The van der Waals surface area contributed by atoms with E-state index in [0.29, 0.717) is 19.6 Å². The van der Waals surface area contributed by atoms with Crippen LogP contribution in [0.5, 0.6) is 0 Å². The number of hydrogen-bond acceptors (Lipinski definition) is 2. The molecule has 0 aliphatic rings. The third kappa shape index (κ3) is 6.62. The van der Waals surface area contributed by atoms with Gasteiger partial charge in [0.1, 0.15) is 0 Å². The Labute approximate surface area is 134 Å². The largest absolute Gasteiger partial charge is 0.354 e. The van der Waals surface area contributed by atoms with Crippen LogP contribution in [0.4, 0.5) is 4.79 Å². The Hall–Kier alpha value is -1.56. The molecule has 0 heterocycles. The highest BCUT2D eigenvalue weighted by Gasteiger charge is 2.09. The van der Waals surface area contributed by atoms with E-state index in [2.05, 4.69) is 26.6 Å². The highest BCUT2D eigenvalue weighted by atomic mass is 79.9. The van der Waals surface area contributed by atoms with E-state index in [0.717, 1.165) is 10.0 Å². The summed E-state index contributed by atoms with van der Waals surface area (Å²) in [6.45, 7) is 5.06. The summed E-state index contributed by atoms with van der Waals surface area (Å²) in [7, 11) is 1.74. The monoisotopic (exact) mass is 355 g/mol. The van der Waals surface area contributed by atoms with Gasteiger partial charge in [-0.2, -0.15) is 0 Å². The van der Waals surface area contributed by atoms with Crippen molar-refractivity contribution in [2.75, 3.05) is 20.1 Å². The smallest absolute Gasteiger partial charge is 0.317 e. The van der Waals surface area contributed by atoms with Gasteiger partial charge in [-0.25, -0.2) is 4.79 Å².